The van der Waals surface area contributed by atoms with Gasteiger partial charge < -0.3 is 12.9 Å². The van der Waals surface area contributed by atoms with Crippen LogP contribution in [0.1, 0.15) is 0 Å². The van der Waals surface area contributed by atoms with E-state index in [-0.39, 0.29) is 4.60 Å². The van der Waals surface area contributed by atoms with Crippen molar-refractivity contribution in [2.75, 3.05) is 0 Å². The van der Waals surface area contributed by atoms with Crippen molar-refractivity contribution >= 4 is 28.4 Å². The van der Waals surface area contributed by atoms with E-state index in [9.17, 15) is 12.9 Å². The predicted molar refractivity (Wildman–Crippen MR) is 39.6 cm³/mol. The summed E-state index contributed by atoms with van der Waals surface area (Å²) in [5.41, 5.74) is -0.687. The smallest absolute Gasteiger partial charge is 0.445 e. The quantitative estimate of drug-likeness (QED) is 0.661. The summed E-state index contributed by atoms with van der Waals surface area (Å²) in [4.78, 5) is 0. The van der Waals surface area contributed by atoms with Gasteiger partial charge in [-0.05, 0) is 22.1 Å². The number of rotatable bonds is 1. The molecule has 1 aromatic rings. The zero-order chi connectivity index (χ0) is 8.65. The second kappa shape index (κ2) is 2.55. The van der Waals surface area contributed by atoms with Crippen LogP contribution in [0.3, 0.4) is 0 Å². The summed E-state index contributed by atoms with van der Waals surface area (Å²) in [6, 6.07) is 0. The molecule has 7 heteroatoms. The maximum absolute atomic E-state index is 12.0. The van der Waals surface area contributed by atoms with Gasteiger partial charge in [0.15, 0.2) is 0 Å². The van der Waals surface area contributed by atoms with Gasteiger partial charge in [-0.1, -0.05) is 5.46 Å². The van der Waals surface area contributed by atoms with E-state index in [1.165, 1.54) is 7.05 Å². The normalized spacial score (nSPS) is 12.1. The van der Waals surface area contributed by atoms with Gasteiger partial charge in [-0.25, -0.2) is 0 Å². The third kappa shape index (κ3) is 1.77. The molecule has 0 unspecified atom stereocenters. The molecule has 0 aliphatic carbocycles. The number of hydrogen-bond acceptors (Lipinski definition) is 1. The van der Waals surface area contributed by atoms with E-state index in [0.717, 1.165) is 10.9 Å². The molecule has 0 aliphatic rings. The fourth-order valence-electron chi connectivity index (χ4n) is 0.699. The number of halogens is 4. The lowest BCUT2D eigenvalue weighted by molar-refractivity contribution is 0.500. The second-order valence-electron chi connectivity index (χ2n) is 2.12. The van der Waals surface area contributed by atoms with Gasteiger partial charge >= 0.3 is 6.98 Å². The number of hydrogen-bond donors (Lipinski definition) is 0. The van der Waals surface area contributed by atoms with Crippen molar-refractivity contribution in [2.45, 2.75) is 0 Å². The summed E-state index contributed by atoms with van der Waals surface area (Å²) in [7, 11) is 1.44. The van der Waals surface area contributed by atoms with Crippen LogP contribution in [-0.4, -0.2) is 16.8 Å². The van der Waals surface area contributed by atoms with Crippen LogP contribution in [0, 0.1) is 0 Å². The maximum atomic E-state index is 12.0. The van der Waals surface area contributed by atoms with Crippen LogP contribution in [0.15, 0.2) is 10.8 Å². The highest BCUT2D eigenvalue weighted by Crippen LogP contribution is 2.14. The minimum Gasteiger partial charge on any atom is -0.445 e. The van der Waals surface area contributed by atoms with E-state index < -0.39 is 12.4 Å². The van der Waals surface area contributed by atoms with Gasteiger partial charge in [0.05, 0.1) is 0 Å². The fraction of sp³-hybridized carbons (Fsp3) is 0.250. The summed E-state index contributed by atoms with van der Waals surface area (Å²) in [6.07, 6.45) is 0.948. The lowest BCUT2D eigenvalue weighted by Crippen LogP contribution is -2.33. The van der Waals surface area contributed by atoms with Crippen molar-refractivity contribution in [3.8, 4) is 0 Å². The molecule has 1 aromatic heterocycles. The van der Waals surface area contributed by atoms with E-state index in [1.807, 2.05) is 0 Å². The van der Waals surface area contributed by atoms with Crippen LogP contribution in [0.2, 0.25) is 0 Å². The zero-order valence-electron chi connectivity index (χ0n) is 5.56. The first-order valence-corrected chi connectivity index (χ1v) is 3.59. The summed E-state index contributed by atoms with van der Waals surface area (Å²) in [5, 5.41) is 3.51. The average molecular weight is 228 g/mol. The summed E-state index contributed by atoms with van der Waals surface area (Å²) in [6.45, 7) is -4.94. The minimum atomic E-state index is -4.94. The topological polar surface area (TPSA) is 17.8 Å². The Morgan fingerprint density at radius 1 is 1.55 bits per heavy atom. The molecule has 1 heterocycles. The fourth-order valence-corrected chi connectivity index (χ4v) is 1.31. The molecule has 0 saturated carbocycles. The van der Waals surface area contributed by atoms with Gasteiger partial charge in [0, 0.05) is 7.05 Å². The first-order valence-electron chi connectivity index (χ1n) is 2.80. The molecule has 0 aromatic carbocycles. The van der Waals surface area contributed by atoms with Crippen LogP contribution in [-0.2, 0) is 7.05 Å². The van der Waals surface area contributed by atoms with E-state index in [1.54, 1.807) is 0 Å². The molecule has 0 spiro atoms. The van der Waals surface area contributed by atoms with Crippen LogP contribution in [0.4, 0.5) is 12.9 Å². The first-order chi connectivity index (χ1) is 4.91. The van der Waals surface area contributed by atoms with Gasteiger partial charge in [-0.15, -0.1) is 0 Å². The van der Waals surface area contributed by atoms with Crippen molar-refractivity contribution in [2.24, 2.45) is 7.05 Å². The number of aryl methyl sites for hydroxylation is 1. The highest BCUT2D eigenvalue weighted by molar-refractivity contribution is 9.10. The average Bonchev–Trinajstić information content (AvgIpc) is 2.08. The number of nitrogens with zero attached hydrogens (tertiary/aromatic N) is 2. The lowest BCUT2D eigenvalue weighted by Gasteiger charge is -2.10. The molecule has 0 N–H and O–H groups in total. The van der Waals surface area contributed by atoms with Gasteiger partial charge in [0.1, 0.15) is 4.60 Å². The number of aromatic nitrogens is 2. The van der Waals surface area contributed by atoms with E-state index >= 15 is 0 Å². The monoisotopic (exact) mass is 227 g/mol. The van der Waals surface area contributed by atoms with Crippen LogP contribution < -0.4 is 5.46 Å². The van der Waals surface area contributed by atoms with Gasteiger partial charge in [-0.2, -0.15) is 5.10 Å². The van der Waals surface area contributed by atoms with E-state index in [4.69, 9.17) is 0 Å². The Balaban J connectivity index is 3.13. The molecular formula is C4H4BBrF3N2-. The molecule has 0 saturated heterocycles. The van der Waals surface area contributed by atoms with Gasteiger partial charge in [-0.3, -0.25) is 4.68 Å². The third-order valence-electron chi connectivity index (χ3n) is 1.16. The van der Waals surface area contributed by atoms with Crippen molar-refractivity contribution in [3.63, 3.8) is 0 Å². The predicted octanol–water partition coefficient (Wildman–Crippen LogP) is 1.24. The highest BCUT2D eigenvalue weighted by atomic mass is 79.9. The Labute approximate surface area is 69.6 Å². The van der Waals surface area contributed by atoms with E-state index in [2.05, 4.69) is 21.0 Å². The molecule has 0 fully saturated rings. The van der Waals surface area contributed by atoms with Crippen molar-refractivity contribution in [3.05, 3.63) is 10.8 Å². The largest absolute Gasteiger partial charge is 0.513 e. The lowest BCUT2D eigenvalue weighted by atomic mass is 9.83. The maximum Gasteiger partial charge on any atom is 0.513 e. The summed E-state index contributed by atoms with van der Waals surface area (Å²) < 4.78 is 37.1. The Hall–Kier alpha value is -0.455. The van der Waals surface area contributed by atoms with Crippen LogP contribution in [0.5, 0.6) is 0 Å². The van der Waals surface area contributed by atoms with E-state index in [0.29, 0.717) is 0 Å². The second-order valence-corrected chi connectivity index (χ2v) is 2.87. The molecule has 0 bridgehead atoms. The van der Waals surface area contributed by atoms with Crippen LogP contribution >= 0.6 is 15.9 Å². The van der Waals surface area contributed by atoms with Gasteiger partial charge in [0.25, 0.3) is 0 Å². The Morgan fingerprint density at radius 2 is 2.09 bits per heavy atom. The van der Waals surface area contributed by atoms with Crippen molar-refractivity contribution < 1.29 is 12.9 Å². The molecule has 1 rings (SSSR count). The molecule has 0 aliphatic heterocycles. The van der Waals surface area contributed by atoms with Crippen molar-refractivity contribution in [1.29, 1.82) is 0 Å². The standard InChI is InChI=1S/C4H4BBrF3N2/c1-11-2-3(4(6)10-11)5(7,8)9/h2H,1H3/q-1. The van der Waals surface area contributed by atoms with Gasteiger partial charge in [0.2, 0.25) is 0 Å². The highest BCUT2D eigenvalue weighted by Gasteiger charge is 2.29. The Bertz CT molecular complexity index is 269. The van der Waals surface area contributed by atoms with Crippen molar-refractivity contribution in [1.82, 2.24) is 9.78 Å². The Morgan fingerprint density at radius 3 is 2.27 bits per heavy atom. The van der Waals surface area contributed by atoms with Crippen LogP contribution in [0.25, 0.3) is 0 Å². The SMILES string of the molecule is Cn1cc([B-](F)(F)F)c(Br)n1. The molecule has 0 atom stereocenters. The molecular weight excluding hydrogens is 224 g/mol. The zero-order valence-corrected chi connectivity index (χ0v) is 7.15. The Kier molecular flexibility index (Phi) is 2.00. The molecule has 62 valence electrons. The minimum absolute atomic E-state index is 0.146. The third-order valence-corrected chi connectivity index (χ3v) is 1.78. The molecule has 0 radical (unpaired) electrons. The first kappa shape index (κ1) is 8.64. The summed E-state index contributed by atoms with van der Waals surface area (Å²) >= 11 is 2.72. The molecule has 2 nitrogen and oxygen atoms in total. The molecule has 11 heavy (non-hydrogen) atoms. The summed E-state index contributed by atoms with van der Waals surface area (Å²) in [5.74, 6) is 0. The molecule has 0 amide bonds.